The Hall–Kier alpha value is -2.49. The molecule has 2 aromatic heterocycles. The summed E-state index contributed by atoms with van der Waals surface area (Å²) in [5, 5.41) is 3.76. The summed E-state index contributed by atoms with van der Waals surface area (Å²) in [7, 11) is 1.69. The molecular weight excluding hydrogens is 298 g/mol. The lowest BCUT2D eigenvalue weighted by molar-refractivity contribution is 0.415. The fraction of sp³-hybridized carbons (Fsp3) is 0.350. The van der Waals surface area contributed by atoms with E-state index in [1.54, 1.807) is 7.11 Å². The molecule has 1 N–H and O–H groups in total. The van der Waals surface area contributed by atoms with Gasteiger partial charge in [0, 0.05) is 17.8 Å². The molecule has 0 amide bonds. The van der Waals surface area contributed by atoms with E-state index in [1.807, 2.05) is 12.1 Å². The molecule has 4 heteroatoms. The maximum atomic E-state index is 5.28. The number of rotatable bonds is 4. The zero-order chi connectivity index (χ0) is 16.5. The first-order valence-electron chi connectivity index (χ1n) is 8.65. The quantitative estimate of drug-likeness (QED) is 0.758. The van der Waals surface area contributed by atoms with Crippen LogP contribution < -0.4 is 10.1 Å². The Kier molecular flexibility index (Phi) is 3.89. The predicted octanol–water partition coefficient (Wildman–Crippen LogP) is 4.67. The van der Waals surface area contributed by atoms with E-state index in [2.05, 4.69) is 47.1 Å². The van der Waals surface area contributed by atoms with Gasteiger partial charge in [0.2, 0.25) is 0 Å². The first-order valence-corrected chi connectivity index (χ1v) is 8.65. The number of hydrogen-bond donors (Lipinski definition) is 1. The largest absolute Gasteiger partial charge is 0.497 e. The van der Waals surface area contributed by atoms with E-state index < -0.39 is 0 Å². The van der Waals surface area contributed by atoms with Gasteiger partial charge in [-0.15, -0.1) is 0 Å². The molecule has 0 saturated heterocycles. The van der Waals surface area contributed by atoms with Crippen LogP contribution in [-0.4, -0.2) is 22.5 Å². The number of anilines is 1. The maximum absolute atomic E-state index is 5.28. The van der Waals surface area contributed by atoms with E-state index in [0.717, 1.165) is 28.5 Å². The Morgan fingerprint density at radius 1 is 1.12 bits per heavy atom. The summed E-state index contributed by atoms with van der Waals surface area (Å²) in [5.74, 6) is 1.97. The fourth-order valence-corrected chi connectivity index (χ4v) is 3.56. The van der Waals surface area contributed by atoms with Crippen molar-refractivity contribution in [2.45, 2.75) is 38.6 Å². The van der Waals surface area contributed by atoms with Crippen LogP contribution in [0.5, 0.6) is 5.75 Å². The third kappa shape index (κ3) is 2.62. The van der Waals surface area contributed by atoms with Crippen LogP contribution in [0.2, 0.25) is 0 Å². The first kappa shape index (κ1) is 15.1. The van der Waals surface area contributed by atoms with Crippen LogP contribution in [-0.2, 0) is 0 Å². The standard InChI is InChI=1S/C20H23N3O/c1-14-6-5-13-23-19(14)22-18(15-9-11-17(24-2)12-10-15)20(23)21-16-7-3-4-8-16/h5-6,9-13,16,21H,3-4,7-8H2,1-2H3. The van der Waals surface area contributed by atoms with Crippen LogP contribution in [0, 0.1) is 6.92 Å². The van der Waals surface area contributed by atoms with Crippen molar-refractivity contribution in [2.24, 2.45) is 0 Å². The van der Waals surface area contributed by atoms with Crippen LogP contribution in [0.25, 0.3) is 16.9 Å². The van der Waals surface area contributed by atoms with Crippen LogP contribution in [0.1, 0.15) is 31.2 Å². The molecule has 24 heavy (non-hydrogen) atoms. The van der Waals surface area contributed by atoms with Gasteiger partial charge in [0.05, 0.1) is 7.11 Å². The molecule has 1 aliphatic rings. The van der Waals surface area contributed by atoms with E-state index in [0.29, 0.717) is 6.04 Å². The number of ether oxygens (including phenoxy) is 1. The number of methoxy groups -OCH3 is 1. The number of nitrogens with zero attached hydrogens (tertiary/aromatic N) is 2. The van der Waals surface area contributed by atoms with Crippen molar-refractivity contribution < 1.29 is 4.74 Å². The van der Waals surface area contributed by atoms with Crippen LogP contribution in [0.15, 0.2) is 42.6 Å². The molecule has 0 bridgehead atoms. The lowest BCUT2D eigenvalue weighted by Crippen LogP contribution is -2.16. The average molecular weight is 321 g/mol. The highest BCUT2D eigenvalue weighted by Gasteiger charge is 2.21. The Bertz CT molecular complexity index is 845. The summed E-state index contributed by atoms with van der Waals surface area (Å²) in [6.45, 7) is 2.11. The predicted molar refractivity (Wildman–Crippen MR) is 97.8 cm³/mol. The number of hydrogen-bond acceptors (Lipinski definition) is 3. The van der Waals surface area contributed by atoms with E-state index >= 15 is 0 Å². The molecule has 0 radical (unpaired) electrons. The van der Waals surface area contributed by atoms with E-state index in [1.165, 1.54) is 31.2 Å². The number of nitrogens with one attached hydrogen (secondary N) is 1. The number of pyridine rings is 1. The molecule has 3 aromatic rings. The summed E-state index contributed by atoms with van der Waals surface area (Å²) in [6, 6.07) is 12.9. The second-order valence-electron chi connectivity index (χ2n) is 6.55. The Balaban J connectivity index is 1.83. The van der Waals surface area contributed by atoms with Crippen molar-refractivity contribution in [3.05, 3.63) is 48.2 Å². The maximum Gasteiger partial charge on any atom is 0.142 e. The zero-order valence-corrected chi connectivity index (χ0v) is 14.2. The van der Waals surface area contributed by atoms with Crippen molar-refractivity contribution in [3.8, 4) is 17.0 Å². The normalized spacial score (nSPS) is 15.1. The number of aryl methyl sites for hydroxylation is 1. The van der Waals surface area contributed by atoms with Gasteiger partial charge >= 0.3 is 0 Å². The molecule has 0 aliphatic heterocycles. The lowest BCUT2D eigenvalue weighted by Gasteiger charge is -2.15. The molecule has 2 heterocycles. The summed E-state index contributed by atoms with van der Waals surface area (Å²) >= 11 is 0. The first-order chi connectivity index (χ1) is 11.8. The van der Waals surface area contributed by atoms with Gasteiger partial charge in [-0.1, -0.05) is 18.9 Å². The minimum atomic E-state index is 0.544. The van der Waals surface area contributed by atoms with Crippen LogP contribution >= 0.6 is 0 Å². The van der Waals surface area contributed by atoms with Gasteiger partial charge in [-0.25, -0.2) is 4.98 Å². The molecule has 0 unspecified atom stereocenters. The topological polar surface area (TPSA) is 38.6 Å². The number of imidazole rings is 1. The van der Waals surface area contributed by atoms with Crippen molar-refractivity contribution in [3.63, 3.8) is 0 Å². The average Bonchev–Trinajstić information content (AvgIpc) is 3.25. The third-order valence-electron chi connectivity index (χ3n) is 4.90. The number of benzene rings is 1. The summed E-state index contributed by atoms with van der Waals surface area (Å²) in [6.07, 6.45) is 7.19. The Labute approximate surface area is 142 Å². The molecule has 0 spiro atoms. The molecular formula is C20H23N3O. The molecule has 4 rings (SSSR count). The van der Waals surface area contributed by atoms with Crippen molar-refractivity contribution in [1.29, 1.82) is 0 Å². The molecule has 1 aliphatic carbocycles. The van der Waals surface area contributed by atoms with Crippen molar-refractivity contribution >= 4 is 11.5 Å². The molecule has 1 saturated carbocycles. The van der Waals surface area contributed by atoms with E-state index in [4.69, 9.17) is 9.72 Å². The van der Waals surface area contributed by atoms with Gasteiger partial charge in [0.15, 0.2) is 0 Å². The monoisotopic (exact) mass is 321 g/mol. The minimum Gasteiger partial charge on any atom is -0.497 e. The highest BCUT2D eigenvalue weighted by molar-refractivity contribution is 5.78. The van der Waals surface area contributed by atoms with Crippen molar-refractivity contribution in [2.75, 3.05) is 12.4 Å². The van der Waals surface area contributed by atoms with Gasteiger partial charge in [-0.05, 0) is 55.7 Å². The van der Waals surface area contributed by atoms with E-state index in [9.17, 15) is 0 Å². The molecule has 1 fully saturated rings. The Morgan fingerprint density at radius 3 is 2.58 bits per heavy atom. The Morgan fingerprint density at radius 2 is 1.88 bits per heavy atom. The molecule has 0 atom stereocenters. The van der Waals surface area contributed by atoms with Crippen molar-refractivity contribution in [1.82, 2.24) is 9.38 Å². The molecule has 124 valence electrons. The third-order valence-corrected chi connectivity index (χ3v) is 4.90. The molecule has 4 nitrogen and oxygen atoms in total. The summed E-state index contributed by atoms with van der Waals surface area (Å²) in [5.41, 5.74) is 4.33. The van der Waals surface area contributed by atoms with Gasteiger partial charge in [-0.3, -0.25) is 4.40 Å². The highest BCUT2D eigenvalue weighted by Crippen LogP contribution is 2.33. The minimum absolute atomic E-state index is 0.544. The van der Waals surface area contributed by atoms with Crippen LogP contribution in [0.4, 0.5) is 5.82 Å². The number of fused-ring (bicyclic) bond motifs is 1. The second-order valence-corrected chi connectivity index (χ2v) is 6.55. The van der Waals surface area contributed by atoms with E-state index in [-0.39, 0.29) is 0 Å². The highest BCUT2D eigenvalue weighted by atomic mass is 16.5. The number of aromatic nitrogens is 2. The smallest absolute Gasteiger partial charge is 0.142 e. The SMILES string of the molecule is COc1ccc(-c2nc3c(C)cccn3c2NC2CCCC2)cc1. The lowest BCUT2D eigenvalue weighted by atomic mass is 10.1. The molecule has 1 aromatic carbocycles. The van der Waals surface area contributed by atoms with Gasteiger partial charge in [-0.2, -0.15) is 0 Å². The van der Waals surface area contributed by atoms with Gasteiger partial charge in [0.1, 0.15) is 22.9 Å². The fourth-order valence-electron chi connectivity index (χ4n) is 3.56. The van der Waals surface area contributed by atoms with Gasteiger partial charge in [0.25, 0.3) is 0 Å². The second kappa shape index (κ2) is 6.19. The summed E-state index contributed by atoms with van der Waals surface area (Å²) in [4.78, 5) is 4.94. The van der Waals surface area contributed by atoms with Crippen LogP contribution in [0.3, 0.4) is 0 Å². The summed E-state index contributed by atoms with van der Waals surface area (Å²) < 4.78 is 7.47. The van der Waals surface area contributed by atoms with Gasteiger partial charge < -0.3 is 10.1 Å². The zero-order valence-electron chi connectivity index (χ0n) is 14.2.